The lowest BCUT2D eigenvalue weighted by Crippen LogP contribution is -2.50. The van der Waals surface area contributed by atoms with Crippen molar-refractivity contribution in [3.05, 3.63) is 48.7 Å². The van der Waals surface area contributed by atoms with Crippen molar-refractivity contribution in [3.63, 3.8) is 0 Å². The molecule has 162 valence electrons. The van der Waals surface area contributed by atoms with E-state index in [1.54, 1.807) is 12.3 Å². The second-order valence-corrected chi connectivity index (χ2v) is 8.39. The molecule has 2 aliphatic rings. The van der Waals surface area contributed by atoms with Crippen molar-refractivity contribution < 1.29 is 14.4 Å². The van der Waals surface area contributed by atoms with Gasteiger partial charge in [-0.15, -0.1) is 0 Å². The van der Waals surface area contributed by atoms with Crippen molar-refractivity contribution in [2.24, 2.45) is 17.8 Å². The number of fused-ring (bicyclic) bond motifs is 1. The van der Waals surface area contributed by atoms with Crippen molar-refractivity contribution in [1.29, 1.82) is 0 Å². The van der Waals surface area contributed by atoms with Gasteiger partial charge in [0.15, 0.2) is 5.82 Å². The normalized spacial score (nSPS) is 21.5. The standard InChI is InChI=1S/C22H26N6O3/c1-14(2)10-18(28-21(30)16-7-3-4-8-17(16)22(28)31)20(29)25-11-15-6-5-9-24-19(15)27-13-23-12-26-27/h3-6,9,12-14,16-18H,7-8,10-11H2,1-2H3,(H,25,29)/t16-,17+,18-/m1/s1. The Morgan fingerprint density at radius 3 is 2.52 bits per heavy atom. The van der Waals surface area contributed by atoms with E-state index in [0.29, 0.717) is 25.1 Å². The number of allylic oxidation sites excluding steroid dienone is 2. The van der Waals surface area contributed by atoms with Gasteiger partial charge < -0.3 is 5.32 Å². The van der Waals surface area contributed by atoms with E-state index in [4.69, 9.17) is 0 Å². The van der Waals surface area contributed by atoms with Crippen LogP contribution in [-0.4, -0.2) is 48.4 Å². The Balaban J connectivity index is 1.53. The predicted octanol–water partition coefficient (Wildman–Crippen LogP) is 1.64. The SMILES string of the molecule is CC(C)C[C@H](C(=O)NCc1cccnc1-n1cncn1)N1C(=O)[C@H]2CC=CC[C@H]2C1=O. The summed E-state index contributed by atoms with van der Waals surface area (Å²) < 4.78 is 1.53. The minimum atomic E-state index is -0.822. The van der Waals surface area contributed by atoms with Crippen LogP contribution in [0.25, 0.3) is 5.82 Å². The highest BCUT2D eigenvalue weighted by atomic mass is 16.2. The van der Waals surface area contributed by atoms with E-state index >= 15 is 0 Å². The number of aromatic nitrogens is 4. The average Bonchev–Trinajstić information content (AvgIpc) is 3.39. The summed E-state index contributed by atoms with van der Waals surface area (Å²) in [6, 6.07) is 2.80. The lowest BCUT2D eigenvalue weighted by Gasteiger charge is -2.27. The Hall–Kier alpha value is -3.36. The first kappa shape index (κ1) is 20.9. The number of rotatable bonds is 7. The molecule has 1 aliphatic carbocycles. The third kappa shape index (κ3) is 4.12. The molecule has 0 aromatic carbocycles. The number of pyridine rings is 1. The Morgan fingerprint density at radius 2 is 1.90 bits per heavy atom. The summed E-state index contributed by atoms with van der Waals surface area (Å²) in [7, 11) is 0. The molecule has 3 atom stereocenters. The third-order valence-electron chi connectivity index (χ3n) is 5.81. The van der Waals surface area contributed by atoms with Gasteiger partial charge in [-0.05, 0) is 31.2 Å². The van der Waals surface area contributed by atoms with Gasteiger partial charge in [-0.1, -0.05) is 32.1 Å². The van der Waals surface area contributed by atoms with Gasteiger partial charge in [0.25, 0.3) is 0 Å². The molecule has 0 saturated carbocycles. The molecule has 3 amide bonds. The molecule has 9 nitrogen and oxygen atoms in total. The maximum atomic E-state index is 13.2. The van der Waals surface area contributed by atoms with Crippen LogP contribution in [0.15, 0.2) is 43.1 Å². The zero-order valence-electron chi connectivity index (χ0n) is 17.6. The van der Waals surface area contributed by atoms with Crippen molar-refractivity contribution in [1.82, 2.24) is 30.0 Å². The van der Waals surface area contributed by atoms with Crippen LogP contribution in [0.4, 0.5) is 0 Å². The molecular weight excluding hydrogens is 396 g/mol. The molecule has 1 aliphatic heterocycles. The first-order valence-corrected chi connectivity index (χ1v) is 10.6. The van der Waals surface area contributed by atoms with Crippen LogP contribution in [0.2, 0.25) is 0 Å². The van der Waals surface area contributed by atoms with Crippen molar-refractivity contribution >= 4 is 17.7 Å². The van der Waals surface area contributed by atoms with Gasteiger partial charge in [-0.2, -0.15) is 5.10 Å². The van der Waals surface area contributed by atoms with E-state index in [0.717, 1.165) is 5.56 Å². The largest absolute Gasteiger partial charge is 0.350 e. The van der Waals surface area contributed by atoms with Crippen LogP contribution in [-0.2, 0) is 20.9 Å². The maximum absolute atomic E-state index is 13.2. The number of likely N-dealkylation sites (tertiary alicyclic amines) is 1. The molecule has 0 bridgehead atoms. The Bertz CT molecular complexity index is 974. The number of imide groups is 1. The minimum Gasteiger partial charge on any atom is -0.350 e. The average molecular weight is 422 g/mol. The van der Waals surface area contributed by atoms with Crippen LogP contribution in [0.1, 0.15) is 38.7 Å². The number of amides is 3. The van der Waals surface area contributed by atoms with Gasteiger partial charge in [0, 0.05) is 18.3 Å². The van der Waals surface area contributed by atoms with Crippen LogP contribution in [0.3, 0.4) is 0 Å². The van der Waals surface area contributed by atoms with Gasteiger partial charge in [0.05, 0.1) is 11.8 Å². The fourth-order valence-electron chi connectivity index (χ4n) is 4.30. The zero-order valence-corrected chi connectivity index (χ0v) is 17.6. The number of nitrogens with one attached hydrogen (secondary N) is 1. The first-order chi connectivity index (χ1) is 15.0. The quantitative estimate of drug-likeness (QED) is 0.537. The topological polar surface area (TPSA) is 110 Å². The Kier molecular flexibility index (Phi) is 5.92. The number of hydrogen-bond donors (Lipinski definition) is 1. The summed E-state index contributed by atoms with van der Waals surface area (Å²) in [6.07, 6.45) is 10.0. The smallest absolute Gasteiger partial charge is 0.243 e. The molecular formula is C22H26N6O3. The molecule has 0 radical (unpaired) electrons. The monoisotopic (exact) mass is 422 g/mol. The molecule has 1 N–H and O–H groups in total. The molecule has 31 heavy (non-hydrogen) atoms. The van der Waals surface area contributed by atoms with E-state index in [2.05, 4.69) is 20.4 Å². The van der Waals surface area contributed by atoms with Crippen molar-refractivity contribution in [2.45, 2.75) is 45.7 Å². The number of nitrogens with zero attached hydrogens (tertiary/aromatic N) is 5. The fraction of sp³-hybridized carbons (Fsp3) is 0.455. The summed E-state index contributed by atoms with van der Waals surface area (Å²) in [4.78, 5) is 48.7. The molecule has 3 heterocycles. The highest BCUT2D eigenvalue weighted by Crippen LogP contribution is 2.37. The highest BCUT2D eigenvalue weighted by Gasteiger charge is 2.51. The van der Waals surface area contributed by atoms with E-state index < -0.39 is 6.04 Å². The van der Waals surface area contributed by atoms with Crippen LogP contribution < -0.4 is 5.32 Å². The second kappa shape index (κ2) is 8.79. The van der Waals surface area contributed by atoms with Gasteiger partial charge in [0.2, 0.25) is 17.7 Å². The van der Waals surface area contributed by atoms with Crippen molar-refractivity contribution in [2.75, 3.05) is 0 Å². The van der Waals surface area contributed by atoms with E-state index in [9.17, 15) is 14.4 Å². The lowest BCUT2D eigenvalue weighted by molar-refractivity contribution is -0.148. The molecule has 0 spiro atoms. The molecule has 1 fully saturated rings. The summed E-state index contributed by atoms with van der Waals surface area (Å²) in [6.45, 7) is 4.15. The number of hydrogen-bond acceptors (Lipinski definition) is 6. The van der Waals surface area contributed by atoms with Crippen molar-refractivity contribution in [3.8, 4) is 5.82 Å². The zero-order chi connectivity index (χ0) is 22.0. The first-order valence-electron chi connectivity index (χ1n) is 10.6. The van der Waals surface area contributed by atoms with Gasteiger partial charge in [0.1, 0.15) is 18.7 Å². The minimum absolute atomic E-state index is 0.140. The molecule has 2 aromatic rings. The molecule has 0 unspecified atom stereocenters. The van der Waals surface area contributed by atoms with Gasteiger partial charge >= 0.3 is 0 Å². The highest BCUT2D eigenvalue weighted by molar-refractivity contribution is 6.08. The van der Waals surface area contributed by atoms with Gasteiger partial charge in [-0.25, -0.2) is 14.6 Å². The Labute approximate surface area is 180 Å². The summed E-state index contributed by atoms with van der Waals surface area (Å²) in [5, 5.41) is 7.00. The van der Waals surface area contributed by atoms with Crippen LogP contribution in [0.5, 0.6) is 0 Å². The van der Waals surface area contributed by atoms with E-state index in [1.165, 1.54) is 22.2 Å². The summed E-state index contributed by atoms with van der Waals surface area (Å²) >= 11 is 0. The predicted molar refractivity (Wildman–Crippen MR) is 111 cm³/mol. The number of carbonyl (C=O) groups is 3. The molecule has 1 saturated heterocycles. The Morgan fingerprint density at radius 1 is 1.19 bits per heavy atom. The number of carbonyl (C=O) groups excluding carboxylic acids is 3. The maximum Gasteiger partial charge on any atom is 0.243 e. The van der Waals surface area contributed by atoms with Gasteiger partial charge in [-0.3, -0.25) is 19.3 Å². The lowest BCUT2D eigenvalue weighted by atomic mass is 9.85. The third-order valence-corrected chi connectivity index (χ3v) is 5.81. The van der Waals surface area contributed by atoms with E-state index in [-0.39, 0.29) is 42.0 Å². The van der Waals surface area contributed by atoms with E-state index in [1.807, 2.05) is 32.1 Å². The fourth-order valence-corrected chi connectivity index (χ4v) is 4.30. The molecule has 4 rings (SSSR count). The summed E-state index contributed by atoms with van der Waals surface area (Å²) in [5.74, 6) is -0.799. The molecule has 9 heteroatoms. The van der Waals surface area contributed by atoms with Crippen LogP contribution in [0, 0.1) is 17.8 Å². The summed E-state index contributed by atoms with van der Waals surface area (Å²) in [5.41, 5.74) is 0.751. The second-order valence-electron chi connectivity index (χ2n) is 8.39. The molecule has 2 aromatic heterocycles. The van der Waals surface area contributed by atoms with Crippen LogP contribution >= 0.6 is 0 Å².